The summed E-state index contributed by atoms with van der Waals surface area (Å²) in [6.07, 6.45) is 8.07. The van der Waals surface area contributed by atoms with Crippen LogP contribution in [-0.2, 0) is 68.9 Å². The molecule has 0 saturated carbocycles. The van der Waals surface area contributed by atoms with Crippen LogP contribution in [0.2, 0.25) is 0 Å². The molecule has 0 bridgehead atoms. The second-order valence-electron chi connectivity index (χ2n) is 21.6. The molecule has 33 heteroatoms. The number of aliphatic hydroxyl groups excluding tert-OH is 1. The van der Waals surface area contributed by atoms with Crippen molar-refractivity contribution in [3.63, 3.8) is 0 Å². The fourth-order valence-electron chi connectivity index (χ4n) is 8.89. The van der Waals surface area contributed by atoms with Gasteiger partial charge in [-0.2, -0.15) is 0 Å². The predicted octanol–water partition coefficient (Wildman–Crippen LogP) is -0.322. The van der Waals surface area contributed by atoms with Crippen molar-refractivity contribution in [3.8, 4) is 0 Å². The molecular formula is C57H91N13O20. The summed E-state index contributed by atoms with van der Waals surface area (Å²) < 4.78 is 0. The normalized spacial score (nSPS) is 13.5. The van der Waals surface area contributed by atoms with Gasteiger partial charge >= 0.3 is 23.9 Å². The van der Waals surface area contributed by atoms with Crippen molar-refractivity contribution in [2.45, 2.75) is 217 Å². The van der Waals surface area contributed by atoms with Crippen LogP contribution in [0.3, 0.4) is 0 Å². The summed E-state index contributed by atoms with van der Waals surface area (Å²) in [6, 6.07) is -6.28. The average Bonchev–Trinajstić information content (AvgIpc) is 1.85. The number of nitrogens with two attached hydrogens (primary N) is 2. The van der Waals surface area contributed by atoms with Crippen LogP contribution in [0.1, 0.15) is 168 Å². The molecule has 0 aliphatic heterocycles. The Morgan fingerprint density at radius 3 is 1.52 bits per heavy atom. The maximum Gasteiger partial charge on any atom is 0.328 e. The molecule has 9 amide bonds. The van der Waals surface area contributed by atoms with E-state index in [-0.39, 0.29) is 49.6 Å². The number of carbonyl (C=O) groups excluding carboxylic acids is 9. The summed E-state index contributed by atoms with van der Waals surface area (Å²) in [5, 5.41) is 77.0. The molecular weight excluding hydrogens is 1190 g/mol. The first-order chi connectivity index (χ1) is 42.5. The molecule has 90 heavy (non-hydrogen) atoms. The molecule has 17 N–H and O–H groups in total. The van der Waals surface area contributed by atoms with Crippen LogP contribution in [0.15, 0.2) is 29.3 Å². The van der Waals surface area contributed by atoms with Crippen molar-refractivity contribution in [1.29, 1.82) is 0 Å². The fraction of sp³-hybridized carbons (Fsp3) is 0.649. The lowest BCUT2D eigenvalue weighted by molar-refractivity contribution is -0.385. The molecule has 1 aromatic rings. The maximum absolute atomic E-state index is 13.9. The summed E-state index contributed by atoms with van der Waals surface area (Å²) in [6.45, 7) is 3.60. The number of aliphatic imine (C=N–C) groups is 1. The van der Waals surface area contributed by atoms with E-state index in [0.717, 1.165) is 43.9 Å². The highest BCUT2D eigenvalue weighted by Crippen LogP contribution is 2.21. The number of guanidine groups is 1. The Morgan fingerprint density at radius 1 is 0.556 bits per heavy atom. The highest BCUT2D eigenvalue weighted by molar-refractivity contribution is 5.98. The monoisotopic (exact) mass is 1280 g/mol. The zero-order chi connectivity index (χ0) is 67.9. The second-order valence-corrected chi connectivity index (χ2v) is 21.6. The lowest BCUT2D eigenvalue weighted by Gasteiger charge is -2.26. The Kier molecular flexibility index (Phi) is 38.2. The van der Waals surface area contributed by atoms with E-state index in [0.29, 0.717) is 6.42 Å². The summed E-state index contributed by atoms with van der Waals surface area (Å²) in [5.41, 5.74) is 10.7. The molecule has 0 aliphatic rings. The van der Waals surface area contributed by atoms with E-state index in [9.17, 15) is 98.0 Å². The smallest absolute Gasteiger partial charge is 0.328 e. The molecule has 1 rings (SSSR count). The third kappa shape index (κ3) is 33.9. The Bertz CT molecular complexity index is 2620. The molecule has 8 atom stereocenters. The number of aliphatic carboxylic acids is 4. The Balaban J connectivity index is 3.21. The van der Waals surface area contributed by atoms with Gasteiger partial charge in [0, 0.05) is 37.4 Å². The Hall–Kier alpha value is -9.04. The number of benzene rings is 1. The van der Waals surface area contributed by atoms with E-state index < -0.39 is 176 Å². The van der Waals surface area contributed by atoms with Gasteiger partial charge in [0.15, 0.2) is 12.0 Å². The molecule has 0 radical (unpaired) electrons. The van der Waals surface area contributed by atoms with Gasteiger partial charge in [0.25, 0.3) is 5.69 Å². The van der Waals surface area contributed by atoms with E-state index in [1.807, 2.05) is 10.6 Å². The number of amides is 9. The summed E-state index contributed by atoms with van der Waals surface area (Å²) >= 11 is 0. The molecule has 0 aliphatic carbocycles. The molecule has 0 saturated heterocycles. The minimum atomic E-state index is -1.93. The maximum atomic E-state index is 13.9. The van der Waals surface area contributed by atoms with E-state index >= 15 is 0 Å². The molecule has 0 spiro atoms. The average molecular weight is 1280 g/mol. The van der Waals surface area contributed by atoms with Gasteiger partial charge in [0.2, 0.25) is 53.2 Å². The topological polar surface area (TPSA) is 530 Å². The Labute approximate surface area is 521 Å². The number of nitro groups is 1. The number of rotatable bonds is 48. The van der Waals surface area contributed by atoms with E-state index in [1.54, 1.807) is 6.07 Å². The van der Waals surface area contributed by atoms with Crippen LogP contribution < -0.4 is 54.0 Å². The van der Waals surface area contributed by atoms with Gasteiger partial charge in [0.1, 0.15) is 36.3 Å². The van der Waals surface area contributed by atoms with E-state index in [2.05, 4.69) is 43.8 Å². The van der Waals surface area contributed by atoms with Gasteiger partial charge in [-0.05, 0) is 52.9 Å². The van der Waals surface area contributed by atoms with Crippen molar-refractivity contribution in [1.82, 2.24) is 47.4 Å². The largest absolute Gasteiger partial charge is 0.481 e. The number of unbranched alkanes of at least 4 members (excludes halogenated alkanes) is 12. The zero-order valence-electron chi connectivity index (χ0n) is 51.5. The quantitative estimate of drug-likeness (QED) is 0.0131. The number of carboxylic acid groups (broad SMARTS) is 4. The minimum absolute atomic E-state index is 0.0453. The molecule has 1 aromatic carbocycles. The highest BCUT2D eigenvalue weighted by Gasteiger charge is 2.34. The molecule has 33 nitrogen and oxygen atoms in total. The first kappa shape index (κ1) is 79.0. The molecule has 504 valence electrons. The molecule has 0 fully saturated rings. The number of hydrogen-bond donors (Lipinski definition) is 15. The van der Waals surface area contributed by atoms with Crippen LogP contribution in [0, 0.1) is 10.1 Å². The van der Waals surface area contributed by atoms with E-state index in [1.165, 1.54) is 77.0 Å². The predicted molar refractivity (Wildman–Crippen MR) is 322 cm³/mol. The molecule has 0 aromatic heterocycles. The van der Waals surface area contributed by atoms with Crippen LogP contribution in [0.5, 0.6) is 0 Å². The number of carboxylic acids is 4. The van der Waals surface area contributed by atoms with Crippen molar-refractivity contribution in [2.75, 3.05) is 19.6 Å². The van der Waals surface area contributed by atoms with Gasteiger partial charge in [-0.25, -0.2) is 4.79 Å². The first-order valence-electron chi connectivity index (χ1n) is 30.0. The van der Waals surface area contributed by atoms with Crippen LogP contribution >= 0.6 is 0 Å². The first-order valence-corrected chi connectivity index (χ1v) is 30.0. The van der Waals surface area contributed by atoms with Crippen molar-refractivity contribution in [3.05, 3.63) is 39.9 Å². The third-order valence-electron chi connectivity index (χ3n) is 13.9. The van der Waals surface area contributed by atoms with Gasteiger partial charge in [-0.3, -0.25) is 72.6 Å². The van der Waals surface area contributed by atoms with Gasteiger partial charge in [-0.15, -0.1) is 0 Å². The molecule has 0 heterocycles. The van der Waals surface area contributed by atoms with Crippen molar-refractivity contribution in [2.24, 2.45) is 16.5 Å². The second kappa shape index (κ2) is 43.6. The van der Waals surface area contributed by atoms with Crippen LogP contribution in [0.4, 0.5) is 5.69 Å². The van der Waals surface area contributed by atoms with Gasteiger partial charge in [-0.1, -0.05) is 102 Å². The number of para-hydroxylation sites is 1. The Morgan fingerprint density at radius 2 is 1.03 bits per heavy atom. The zero-order valence-corrected chi connectivity index (χ0v) is 51.5. The van der Waals surface area contributed by atoms with E-state index in [4.69, 9.17) is 11.5 Å². The highest BCUT2D eigenvalue weighted by atomic mass is 16.6. The van der Waals surface area contributed by atoms with Gasteiger partial charge in [0.05, 0.1) is 37.1 Å². The fourth-order valence-corrected chi connectivity index (χ4v) is 8.89. The van der Waals surface area contributed by atoms with Crippen molar-refractivity contribution >= 4 is 88.7 Å². The lowest BCUT2D eigenvalue weighted by atomic mass is 10.0. The summed E-state index contributed by atoms with van der Waals surface area (Å²) in [7, 11) is 0. The van der Waals surface area contributed by atoms with Gasteiger partial charge < -0.3 is 84.4 Å². The third-order valence-corrected chi connectivity index (χ3v) is 13.9. The lowest BCUT2D eigenvalue weighted by Crippen LogP contribution is -2.59. The van der Waals surface area contributed by atoms with Crippen molar-refractivity contribution < 1.29 is 92.8 Å². The number of carbonyl (C=O) groups is 13. The molecule has 0 unspecified atom stereocenters. The van der Waals surface area contributed by atoms with Crippen LogP contribution in [0.25, 0.3) is 0 Å². The summed E-state index contributed by atoms with van der Waals surface area (Å²) in [5.74, 6) is -16.0. The number of nitrogens with zero attached hydrogens (tertiary/aromatic N) is 3. The number of hydrogen-bond acceptors (Lipinski definition) is 17. The SMILES string of the molecule is CCCCCCCCCCCCCCCC(=O)N(CC(=O)N[C@@H](C)C(=O)N[C@@H](C)C(=O)N[C@@H](CCC(=O)O)C(=O)N[C@@H](CCC(=O)O)C(=O)N[C@@H](CCCN=C(N)N)C(=O)NCC(=O)N[C@@H](CC(=O)O)C(=O)N[C@H](C(=O)O)[C@@H](C)O)Cc1ccccc1[N+](=O)[O-]. The minimum Gasteiger partial charge on any atom is -0.481 e. The summed E-state index contributed by atoms with van der Waals surface area (Å²) in [4.78, 5) is 184. The number of aliphatic hydroxyl groups is 1. The number of nitro benzene ring substituents is 1. The van der Waals surface area contributed by atoms with Crippen LogP contribution in [-0.4, -0.2) is 186 Å². The standard InChI is InChI=1S/C57H91N13O20/c1-5-6-7-8-9-10-11-12-13-14-15-16-17-24-45(74)69(32-37-21-18-19-23-42(37)70(89)90)33-44(73)62-34(2)50(81)63-35(3)51(82)65-39(25-27-46(75)76)53(84)67-40(26-28-47(77)78)54(85)66-38(22-20-29-60-57(58)59)52(83)61-31-43(72)64-41(30-48(79)80)55(86)68-49(36(4)71)56(87)88/h18-19,21,23,34-36,38-41,49,71H,5-17,20,22,24-33H2,1-4H3,(H,61,83)(H,62,73)(H,63,81)(H,64,72)(H,65,82)(H,66,85)(H,67,84)(H,68,86)(H,75,76)(H,77,78)(H,79,80)(H,87,88)(H4,58,59,60)/t34-,35-,36+,38-,39-,40-,41-,49-/m0/s1. The number of nitrogens with one attached hydrogen (secondary N) is 8.